The molecule has 148 valence electrons. The topological polar surface area (TPSA) is 69.4 Å². The predicted molar refractivity (Wildman–Crippen MR) is 113 cm³/mol. The molecule has 4 aromatic rings. The minimum absolute atomic E-state index is 0.0478. The molecule has 0 radical (unpaired) electrons. The summed E-state index contributed by atoms with van der Waals surface area (Å²) in [6.45, 7) is 1.96. The van der Waals surface area contributed by atoms with Gasteiger partial charge in [0, 0.05) is 10.6 Å². The van der Waals surface area contributed by atoms with Crippen LogP contribution in [0.2, 0.25) is 15.1 Å². The molecule has 1 heterocycles. The van der Waals surface area contributed by atoms with Crippen molar-refractivity contribution in [1.29, 1.82) is 0 Å². The molecule has 0 saturated carbocycles. The number of oxazole rings is 1. The lowest BCUT2D eigenvalue weighted by atomic mass is 10.2. The zero-order chi connectivity index (χ0) is 20.8. The zero-order valence-corrected chi connectivity index (χ0v) is 17.9. The van der Waals surface area contributed by atoms with Crippen molar-refractivity contribution in [3.8, 4) is 17.2 Å². The van der Waals surface area contributed by atoms with Crippen molar-refractivity contribution >= 4 is 56.0 Å². The summed E-state index contributed by atoms with van der Waals surface area (Å²) in [5.41, 5.74) is 2.99. The van der Waals surface area contributed by atoms with Crippen LogP contribution in [0.1, 0.15) is 5.56 Å². The molecule has 3 aromatic carbocycles. The normalized spacial score (nSPS) is 11.7. The van der Waals surface area contributed by atoms with Gasteiger partial charge in [0.15, 0.2) is 11.3 Å². The van der Waals surface area contributed by atoms with Crippen molar-refractivity contribution in [3.05, 3.63) is 75.2 Å². The van der Waals surface area contributed by atoms with Gasteiger partial charge in [-0.1, -0.05) is 40.9 Å². The summed E-state index contributed by atoms with van der Waals surface area (Å²) in [6, 6.07) is 14.2. The monoisotopic (exact) mass is 467 g/mol. The highest BCUT2D eigenvalue weighted by Gasteiger charge is 2.22. The molecule has 0 unspecified atom stereocenters. The van der Waals surface area contributed by atoms with Gasteiger partial charge >= 0.3 is 10.1 Å². The number of rotatable bonds is 4. The Hall–Kier alpha value is -2.25. The van der Waals surface area contributed by atoms with Gasteiger partial charge in [-0.15, -0.1) is 0 Å². The molecule has 0 fully saturated rings. The molecule has 29 heavy (non-hydrogen) atoms. The third kappa shape index (κ3) is 4.07. The fourth-order valence-corrected chi connectivity index (χ4v) is 4.66. The van der Waals surface area contributed by atoms with E-state index in [9.17, 15) is 8.42 Å². The van der Waals surface area contributed by atoms with Gasteiger partial charge in [0.25, 0.3) is 0 Å². The molecule has 0 aliphatic carbocycles. The van der Waals surface area contributed by atoms with Crippen LogP contribution in [0, 0.1) is 6.92 Å². The quantitative estimate of drug-likeness (QED) is 0.318. The van der Waals surface area contributed by atoms with Crippen LogP contribution in [0.4, 0.5) is 0 Å². The largest absolute Gasteiger partial charge is 0.436 e. The second-order valence-corrected chi connectivity index (χ2v) is 9.01. The summed E-state index contributed by atoms with van der Waals surface area (Å²) < 4.78 is 36.0. The van der Waals surface area contributed by atoms with Crippen molar-refractivity contribution < 1.29 is 17.0 Å². The second kappa shape index (κ2) is 7.54. The van der Waals surface area contributed by atoms with Gasteiger partial charge in [-0.2, -0.15) is 8.42 Å². The highest BCUT2D eigenvalue weighted by atomic mass is 35.5. The van der Waals surface area contributed by atoms with Gasteiger partial charge in [-0.05, 0) is 61.0 Å². The fraction of sp³-hybridized carbons (Fsp3) is 0.0500. The molecular weight excluding hydrogens is 457 g/mol. The fourth-order valence-electron chi connectivity index (χ4n) is 2.70. The van der Waals surface area contributed by atoms with E-state index in [1.807, 2.05) is 25.1 Å². The number of hydrogen-bond donors (Lipinski definition) is 0. The number of aryl methyl sites for hydroxylation is 1. The Bertz CT molecular complexity index is 1350. The summed E-state index contributed by atoms with van der Waals surface area (Å²) in [4.78, 5) is 4.21. The van der Waals surface area contributed by atoms with E-state index < -0.39 is 10.1 Å². The predicted octanol–water partition coefficient (Wildman–Crippen LogP) is 6.53. The van der Waals surface area contributed by atoms with Crippen LogP contribution in [0.25, 0.3) is 22.6 Å². The van der Waals surface area contributed by atoms with Crippen molar-refractivity contribution in [2.45, 2.75) is 11.8 Å². The third-order valence-corrected chi connectivity index (χ3v) is 6.33. The Morgan fingerprint density at radius 1 is 0.931 bits per heavy atom. The van der Waals surface area contributed by atoms with Gasteiger partial charge in [0.1, 0.15) is 10.4 Å². The number of nitrogens with zero attached hydrogens (tertiary/aromatic N) is 1. The number of halogens is 3. The molecule has 0 bridgehead atoms. The number of fused-ring (bicyclic) bond motifs is 1. The maximum Gasteiger partial charge on any atom is 0.340 e. The molecule has 0 spiro atoms. The molecule has 0 atom stereocenters. The third-order valence-electron chi connectivity index (χ3n) is 4.09. The van der Waals surface area contributed by atoms with E-state index in [0.29, 0.717) is 27.6 Å². The number of aromatic nitrogens is 1. The lowest BCUT2D eigenvalue weighted by molar-refractivity contribution is 0.486. The van der Waals surface area contributed by atoms with Gasteiger partial charge in [-0.3, -0.25) is 0 Å². The molecule has 0 amide bonds. The highest BCUT2D eigenvalue weighted by molar-refractivity contribution is 7.87. The van der Waals surface area contributed by atoms with E-state index in [1.54, 1.807) is 6.07 Å². The van der Waals surface area contributed by atoms with E-state index in [4.69, 9.17) is 43.4 Å². The number of hydrogen-bond acceptors (Lipinski definition) is 5. The molecule has 0 aliphatic heterocycles. The summed E-state index contributed by atoms with van der Waals surface area (Å²) in [7, 11) is -4.20. The van der Waals surface area contributed by atoms with Gasteiger partial charge in [0.2, 0.25) is 5.89 Å². The first-order chi connectivity index (χ1) is 13.7. The standard InChI is InChI=1S/C20H12Cl3NO4S/c1-11-2-5-16-18(8-11)27-20(24-16)12-3-6-17(14(22)9-12)28-29(25,26)19-7-4-13(21)10-15(19)23/h2-10H,1H3. The summed E-state index contributed by atoms with van der Waals surface area (Å²) >= 11 is 18.0. The van der Waals surface area contributed by atoms with Gasteiger partial charge in [-0.25, -0.2) is 4.98 Å². The molecule has 0 saturated heterocycles. The van der Waals surface area contributed by atoms with Crippen molar-refractivity contribution in [1.82, 2.24) is 4.98 Å². The van der Waals surface area contributed by atoms with E-state index in [2.05, 4.69) is 4.98 Å². The maximum atomic E-state index is 12.6. The van der Waals surface area contributed by atoms with Crippen LogP contribution in [0.15, 0.2) is 63.9 Å². The second-order valence-electron chi connectivity index (χ2n) is 6.25. The molecule has 1 aromatic heterocycles. The highest BCUT2D eigenvalue weighted by Crippen LogP contribution is 2.34. The zero-order valence-electron chi connectivity index (χ0n) is 14.8. The summed E-state index contributed by atoms with van der Waals surface area (Å²) in [5, 5.41) is 0.339. The first-order valence-corrected chi connectivity index (χ1v) is 10.8. The minimum atomic E-state index is -4.20. The van der Waals surface area contributed by atoms with E-state index >= 15 is 0 Å². The Labute approximate surface area is 181 Å². The molecule has 0 aliphatic rings. The molecule has 9 heteroatoms. The van der Waals surface area contributed by atoms with Gasteiger partial charge in [0.05, 0.1) is 10.0 Å². The van der Waals surface area contributed by atoms with Crippen LogP contribution in [-0.2, 0) is 10.1 Å². The molecular formula is C20H12Cl3NO4S. The average molecular weight is 469 g/mol. The lowest BCUT2D eigenvalue weighted by Crippen LogP contribution is -2.10. The maximum absolute atomic E-state index is 12.6. The van der Waals surface area contributed by atoms with Crippen molar-refractivity contribution in [2.24, 2.45) is 0 Å². The van der Waals surface area contributed by atoms with E-state index in [1.165, 1.54) is 30.3 Å². The number of benzene rings is 3. The first-order valence-electron chi connectivity index (χ1n) is 8.29. The molecule has 5 nitrogen and oxygen atoms in total. The molecule has 4 rings (SSSR count). The van der Waals surface area contributed by atoms with Crippen LogP contribution >= 0.6 is 34.8 Å². The smallest absolute Gasteiger partial charge is 0.340 e. The van der Waals surface area contributed by atoms with E-state index in [0.717, 1.165) is 5.56 Å². The Balaban J connectivity index is 1.66. The first kappa shape index (κ1) is 20.0. The van der Waals surface area contributed by atoms with Crippen LogP contribution < -0.4 is 4.18 Å². The van der Waals surface area contributed by atoms with Crippen LogP contribution in [0.5, 0.6) is 5.75 Å². The Kier molecular flexibility index (Phi) is 5.21. The minimum Gasteiger partial charge on any atom is -0.436 e. The van der Waals surface area contributed by atoms with Crippen molar-refractivity contribution in [3.63, 3.8) is 0 Å². The summed E-state index contributed by atoms with van der Waals surface area (Å²) in [6.07, 6.45) is 0. The van der Waals surface area contributed by atoms with Gasteiger partial charge < -0.3 is 8.60 Å². The van der Waals surface area contributed by atoms with Crippen LogP contribution in [0.3, 0.4) is 0 Å². The SMILES string of the molecule is Cc1ccc2nc(-c3ccc(OS(=O)(=O)c4ccc(Cl)cc4Cl)c(Cl)c3)oc2c1. The average Bonchev–Trinajstić information content (AvgIpc) is 3.06. The Morgan fingerprint density at radius 3 is 2.45 bits per heavy atom. The van der Waals surface area contributed by atoms with E-state index in [-0.39, 0.29) is 20.7 Å². The summed E-state index contributed by atoms with van der Waals surface area (Å²) in [5.74, 6) is 0.316. The molecule has 0 N–H and O–H groups in total. The van der Waals surface area contributed by atoms with Crippen LogP contribution in [-0.4, -0.2) is 13.4 Å². The van der Waals surface area contributed by atoms with Crippen molar-refractivity contribution in [2.75, 3.05) is 0 Å². The lowest BCUT2D eigenvalue weighted by Gasteiger charge is -2.10. The Morgan fingerprint density at radius 2 is 1.72 bits per heavy atom.